The number of carbonyl (C=O) groups excluding carboxylic acids is 2. The van der Waals surface area contributed by atoms with E-state index >= 15 is 0 Å². The van der Waals surface area contributed by atoms with Crippen molar-refractivity contribution in [3.8, 4) is 5.75 Å². The molecule has 0 saturated carbocycles. The van der Waals surface area contributed by atoms with Gasteiger partial charge < -0.3 is 25.0 Å². The predicted molar refractivity (Wildman–Crippen MR) is 138 cm³/mol. The zero-order chi connectivity index (χ0) is 24.9. The van der Waals surface area contributed by atoms with E-state index in [2.05, 4.69) is 15.5 Å². The molecule has 0 atom stereocenters. The summed E-state index contributed by atoms with van der Waals surface area (Å²) in [7, 11) is 5.66. The molecule has 0 fully saturated rings. The molecule has 3 aromatic rings. The number of amides is 1. The minimum atomic E-state index is -0.423. The van der Waals surface area contributed by atoms with Crippen molar-refractivity contribution in [1.82, 2.24) is 4.90 Å². The molecule has 35 heavy (non-hydrogen) atoms. The average Bonchev–Trinajstić information content (AvgIpc) is 3.18. The summed E-state index contributed by atoms with van der Waals surface area (Å²) in [6.07, 6.45) is 0. The van der Waals surface area contributed by atoms with Gasteiger partial charge in [-0.05, 0) is 44.8 Å². The highest BCUT2D eigenvalue weighted by atomic mass is 16.5. The maximum Gasteiger partial charge on any atom is 0.338 e. The van der Waals surface area contributed by atoms with Crippen LogP contribution in [0, 0.1) is 0 Å². The fourth-order valence-corrected chi connectivity index (χ4v) is 4.08. The number of fused-ring (bicyclic) bond motifs is 1. The van der Waals surface area contributed by atoms with Crippen LogP contribution in [0.25, 0.3) is 11.3 Å². The zero-order valence-corrected chi connectivity index (χ0v) is 20.3. The van der Waals surface area contributed by atoms with Crippen LogP contribution in [0.15, 0.2) is 66.7 Å². The molecule has 3 aromatic carbocycles. The monoisotopic (exact) mass is 471 g/mol. The largest absolute Gasteiger partial charge is 0.496 e. The van der Waals surface area contributed by atoms with Crippen molar-refractivity contribution in [2.24, 2.45) is 0 Å². The molecule has 2 N–H and O–H groups in total. The third-order valence-corrected chi connectivity index (χ3v) is 5.63. The lowest BCUT2D eigenvalue weighted by Crippen LogP contribution is -2.12. The first kappa shape index (κ1) is 24.0. The Morgan fingerprint density at radius 1 is 1.00 bits per heavy atom. The molecule has 180 valence electrons. The highest BCUT2D eigenvalue weighted by molar-refractivity contribution is 6.37. The van der Waals surface area contributed by atoms with Crippen LogP contribution in [0.5, 0.6) is 5.75 Å². The second-order valence-electron chi connectivity index (χ2n) is 8.44. The van der Waals surface area contributed by atoms with Gasteiger partial charge in [0.05, 0.1) is 36.2 Å². The number of nitrogens with zero attached hydrogens (tertiary/aromatic N) is 1. The van der Waals surface area contributed by atoms with Crippen LogP contribution in [0.4, 0.5) is 11.4 Å². The van der Waals surface area contributed by atoms with Gasteiger partial charge in [0.15, 0.2) is 0 Å². The van der Waals surface area contributed by atoms with Crippen LogP contribution in [-0.4, -0.2) is 44.6 Å². The second kappa shape index (κ2) is 10.4. The number of esters is 1. The molecule has 1 aliphatic heterocycles. The minimum Gasteiger partial charge on any atom is -0.496 e. The van der Waals surface area contributed by atoms with Gasteiger partial charge in [-0.2, -0.15) is 0 Å². The molecule has 1 amide bonds. The topological polar surface area (TPSA) is 79.9 Å². The fourth-order valence-electron chi connectivity index (χ4n) is 4.08. The number of rotatable bonds is 8. The van der Waals surface area contributed by atoms with Gasteiger partial charge >= 0.3 is 5.97 Å². The van der Waals surface area contributed by atoms with Crippen LogP contribution in [-0.2, 0) is 16.1 Å². The molecule has 4 rings (SSSR count). The predicted octanol–water partition coefficient (Wildman–Crippen LogP) is 4.87. The smallest absolute Gasteiger partial charge is 0.338 e. The fraction of sp³-hybridized carbons (Fsp3) is 0.214. The molecule has 1 aliphatic rings. The first-order valence-electron chi connectivity index (χ1n) is 11.4. The molecule has 0 unspecified atom stereocenters. The lowest BCUT2D eigenvalue weighted by Gasteiger charge is -2.18. The van der Waals surface area contributed by atoms with Crippen molar-refractivity contribution < 1.29 is 19.1 Å². The average molecular weight is 472 g/mol. The summed E-state index contributed by atoms with van der Waals surface area (Å²) in [5, 5.41) is 6.35. The van der Waals surface area contributed by atoms with Gasteiger partial charge in [0.25, 0.3) is 5.91 Å². The molecular weight excluding hydrogens is 442 g/mol. The van der Waals surface area contributed by atoms with Crippen LogP contribution in [0.3, 0.4) is 0 Å². The Morgan fingerprint density at radius 2 is 1.77 bits per heavy atom. The van der Waals surface area contributed by atoms with E-state index in [0.717, 1.165) is 29.1 Å². The van der Waals surface area contributed by atoms with E-state index in [1.165, 1.54) is 0 Å². The Bertz CT molecular complexity index is 1280. The second-order valence-corrected chi connectivity index (χ2v) is 8.44. The van der Waals surface area contributed by atoms with E-state index in [1.807, 2.05) is 62.6 Å². The summed E-state index contributed by atoms with van der Waals surface area (Å²) in [6, 6.07) is 20.7. The van der Waals surface area contributed by atoms with Gasteiger partial charge in [0.1, 0.15) is 5.75 Å². The van der Waals surface area contributed by atoms with E-state index in [0.29, 0.717) is 28.1 Å². The van der Waals surface area contributed by atoms with Gasteiger partial charge in [-0.15, -0.1) is 0 Å². The lowest BCUT2D eigenvalue weighted by molar-refractivity contribution is -0.110. The number of methoxy groups -OCH3 is 1. The molecule has 7 heteroatoms. The molecule has 1 heterocycles. The molecule has 0 saturated heterocycles. The number of ether oxygens (including phenoxy) is 2. The van der Waals surface area contributed by atoms with Crippen molar-refractivity contribution in [2.45, 2.75) is 13.5 Å². The van der Waals surface area contributed by atoms with Crippen LogP contribution >= 0.6 is 0 Å². The van der Waals surface area contributed by atoms with E-state index in [4.69, 9.17) is 9.47 Å². The number of hydrogen-bond acceptors (Lipinski definition) is 6. The summed E-state index contributed by atoms with van der Waals surface area (Å²) in [5.74, 6) is 0.0910. The zero-order valence-electron chi connectivity index (χ0n) is 20.3. The third-order valence-electron chi connectivity index (χ3n) is 5.63. The summed E-state index contributed by atoms with van der Waals surface area (Å²) in [6.45, 7) is 2.79. The number of carbonyl (C=O) groups is 2. The number of hydrogen-bond donors (Lipinski definition) is 2. The molecule has 0 radical (unpaired) electrons. The van der Waals surface area contributed by atoms with Gasteiger partial charge in [-0.1, -0.05) is 42.5 Å². The summed E-state index contributed by atoms with van der Waals surface area (Å²) in [5.41, 5.74) is 5.55. The molecular formula is C28H29N3O4. The van der Waals surface area contributed by atoms with Gasteiger partial charge in [0, 0.05) is 29.4 Å². The van der Waals surface area contributed by atoms with Gasteiger partial charge in [-0.25, -0.2) is 4.79 Å². The quantitative estimate of drug-likeness (QED) is 0.361. The number of anilines is 2. The Kier molecular flexibility index (Phi) is 7.17. The van der Waals surface area contributed by atoms with Crippen LogP contribution in [0.2, 0.25) is 0 Å². The minimum absolute atomic E-state index is 0.247. The normalized spacial score (nSPS) is 13.8. The third kappa shape index (κ3) is 5.20. The van der Waals surface area contributed by atoms with Crippen LogP contribution < -0.4 is 15.4 Å². The molecule has 0 spiro atoms. The van der Waals surface area contributed by atoms with E-state index in [9.17, 15) is 9.59 Å². The summed E-state index contributed by atoms with van der Waals surface area (Å²) < 4.78 is 10.7. The first-order valence-corrected chi connectivity index (χ1v) is 11.4. The Hall–Kier alpha value is -4.10. The molecule has 0 aliphatic carbocycles. The SMILES string of the molecule is CCOC(=O)c1ccc2c(c1)NC(=O)/C2=C(\Nc1ccc(CN(C)C)c(OC)c1)c1ccccc1. The standard InChI is InChI=1S/C28H29N3O4/c1-5-35-28(33)19-12-14-22-23(15-19)30-27(32)25(22)26(18-9-7-6-8-10-18)29-21-13-11-20(17-31(2)3)24(16-21)34-4/h6-16,29H,5,17H2,1-4H3,(H,30,32)/b26-25-. The van der Waals surface area contributed by atoms with Crippen molar-refractivity contribution in [1.29, 1.82) is 0 Å². The van der Waals surface area contributed by atoms with Crippen molar-refractivity contribution in [3.63, 3.8) is 0 Å². The van der Waals surface area contributed by atoms with Crippen LogP contribution in [0.1, 0.15) is 34.0 Å². The maximum atomic E-state index is 13.2. The summed E-state index contributed by atoms with van der Waals surface area (Å²) >= 11 is 0. The number of benzene rings is 3. The first-order chi connectivity index (χ1) is 16.9. The molecule has 0 aromatic heterocycles. The van der Waals surface area contributed by atoms with Crippen molar-refractivity contribution in [3.05, 3.63) is 89.0 Å². The Labute approximate surface area is 205 Å². The van der Waals surface area contributed by atoms with Crippen molar-refractivity contribution >= 4 is 34.5 Å². The highest BCUT2D eigenvalue weighted by Crippen LogP contribution is 2.38. The Morgan fingerprint density at radius 3 is 2.46 bits per heavy atom. The van der Waals surface area contributed by atoms with Gasteiger partial charge in [0.2, 0.25) is 0 Å². The summed E-state index contributed by atoms with van der Waals surface area (Å²) in [4.78, 5) is 27.4. The number of nitrogens with one attached hydrogen (secondary N) is 2. The molecule has 7 nitrogen and oxygen atoms in total. The van der Waals surface area contributed by atoms with E-state index < -0.39 is 5.97 Å². The van der Waals surface area contributed by atoms with E-state index in [1.54, 1.807) is 32.2 Å². The Balaban J connectivity index is 1.80. The van der Waals surface area contributed by atoms with Gasteiger partial charge in [-0.3, -0.25) is 4.79 Å². The van der Waals surface area contributed by atoms with E-state index in [-0.39, 0.29) is 12.5 Å². The maximum absolute atomic E-state index is 13.2. The molecule has 0 bridgehead atoms. The highest BCUT2D eigenvalue weighted by Gasteiger charge is 2.29. The lowest BCUT2D eigenvalue weighted by atomic mass is 9.99. The van der Waals surface area contributed by atoms with Crippen molar-refractivity contribution in [2.75, 3.05) is 38.4 Å².